The van der Waals surface area contributed by atoms with E-state index in [1.807, 2.05) is 13.8 Å². The summed E-state index contributed by atoms with van der Waals surface area (Å²) in [4.78, 5) is 3.98. The minimum absolute atomic E-state index is 0.0690. The normalized spacial score (nSPS) is 11.8. The van der Waals surface area contributed by atoms with E-state index >= 15 is 0 Å². The fourth-order valence-corrected chi connectivity index (χ4v) is 2.98. The zero-order valence-corrected chi connectivity index (χ0v) is 12.1. The number of nitrogens with zero attached hydrogens (tertiary/aromatic N) is 2. The van der Waals surface area contributed by atoms with E-state index in [1.165, 1.54) is 18.5 Å². The number of aromatic nitrogens is 2. The van der Waals surface area contributed by atoms with Crippen LogP contribution in [-0.4, -0.2) is 23.1 Å². The molecule has 20 heavy (non-hydrogen) atoms. The van der Waals surface area contributed by atoms with Crippen molar-refractivity contribution in [1.29, 1.82) is 0 Å². The lowest BCUT2D eigenvalue weighted by Crippen LogP contribution is -2.12. The van der Waals surface area contributed by atoms with Gasteiger partial charge in [-0.05, 0) is 32.0 Å². The molecule has 2 rings (SSSR count). The first kappa shape index (κ1) is 14.5. The number of pyridine rings is 1. The van der Waals surface area contributed by atoms with Gasteiger partial charge < -0.3 is 9.67 Å². The topological polar surface area (TPSA) is 84.2 Å². The maximum Gasteiger partial charge on any atom is 0.263 e. The molecule has 0 aromatic carbocycles. The zero-order valence-electron chi connectivity index (χ0n) is 11.3. The fourth-order valence-electron chi connectivity index (χ4n) is 1.89. The molecule has 0 unspecified atom stereocenters. The van der Waals surface area contributed by atoms with E-state index in [4.69, 9.17) is 0 Å². The second-order valence-electron chi connectivity index (χ2n) is 4.67. The van der Waals surface area contributed by atoms with Crippen LogP contribution in [0.1, 0.15) is 25.6 Å². The molecule has 2 N–H and O–H groups in total. The van der Waals surface area contributed by atoms with Gasteiger partial charge in [0, 0.05) is 24.1 Å². The molecule has 108 valence electrons. The zero-order chi connectivity index (χ0) is 14.8. The van der Waals surface area contributed by atoms with Gasteiger partial charge in [-0.15, -0.1) is 0 Å². The molecular formula is C13H17N3O3S. The van der Waals surface area contributed by atoms with Gasteiger partial charge in [0.15, 0.2) is 0 Å². The van der Waals surface area contributed by atoms with Crippen molar-refractivity contribution in [3.63, 3.8) is 0 Å². The number of anilines is 1. The molecule has 0 bridgehead atoms. The Balaban J connectivity index is 2.35. The molecule has 0 saturated heterocycles. The summed E-state index contributed by atoms with van der Waals surface area (Å²) < 4.78 is 28.7. The summed E-state index contributed by atoms with van der Waals surface area (Å²) in [6.07, 6.45) is 4.52. The van der Waals surface area contributed by atoms with Crippen molar-refractivity contribution >= 4 is 15.7 Å². The van der Waals surface area contributed by atoms with Crippen LogP contribution in [0.15, 0.2) is 41.7 Å². The van der Waals surface area contributed by atoms with Crippen LogP contribution in [0.25, 0.3) is 0 Å². The van der Waals surface area contributed by atoms with E-state index < -0.39 is 10.0 Å². The van der Waals surface area contributed by atoms with Crippen molar-refractivity contribution in [2.75, 3.05) is 4.72 Å². The molecular weight excluding hydrogens is 278 g/mol. The lowest BCUT2D eigenvalue weighted by molar-refractivity contribution is 0.268. The summed E-state index contributed by atoms with van der Waals surface area (Å²) >= 11 is 0. The highest BCUT2D eigenvalue weighted by molar-refractivity contribution is 7.92. The standard InChI is InChI=1S/C13H17N3O3S/c1-10(2)16-8-13(6-12(16)9-17)20(18,19)15-11-4-3-5-14-7-11/h3-8,10,15,17H,9H2,1-2H3. The van der Waals surface area contributed by atoms with Gasteiger partial charge in [0.25, 0.3) is 10.0 Å². The van der Waals surface area contributed by atoms with Crippen LogP contribution in [0.2, 0.25) is 0 Å². The van der Waals surface area contributed by atoms with Crippen molar-refractivity contribution in [3.8, 4) is 0 Å². The predicted molar refractivity (Wildman–Crippen MR) is 75.8 cm³/mol. The predicted octanol–water partition coefficient (Wildman–Crippen LogP) is 1.76. The van der Waals surface area contributed by atoms with Crippen molar-refractivity contribution in [2.24, 2.45) is 0 Å². The van der Waals surface area contributed by atoms with Gasteiger partial charge in [-0.25, -0.2) is 8.42 Å². The molecule has 0 saturated carbocycles. The molecule has 0 atom stereocenters. The molecule has 0 aliphatic heterocycles. The maximum absolute atomic E-state index is 12.3. The van der Waals surface area contributed by atoms with Gasteiger partial charge in [-0.1, -0.05) is 0 Å². The van der Waals surface area contributed by atoms with Crippen LogP contribution >= 0.6 is 0 Å². The van der Waals surface area contributed by atoms with E-state index in [2.05, 4.69) is 9.71 Å². The molecule has 2 aromatic rings. The van der Waals surface area contributed by atoms with Gasteiger partial charge in [0.1, 0.15) is 4.90 Å². The number of hydrogen-bond donors (Lipinski definition) is 2. The smallest absolute Gasteiger partial charge is 0.263 e. The molecule has 0 amide bonds. The Labute approximate surface area is 118 Å². The summed E-state index contributed by atoms with van der Waals surface area (Å²) in [5.41, 5.74) is 0.960. The van der Waals surface area contributed by atoms with E-state index in [-0.39, 0.29) is 17.5 Å². The van der Waals surface area contributed by atoms with Gasteiger partial charge in [-0.2, -0.15) is 0 Å². The van der Waals surface area contributed by atoms with Crippen molar-refractivity contribution in [3.05, 3.63) is 42.5 Å². The second kappa shape index (κ2) is 5.64. The lowest BCUT2D eigenvalue weighted by atomic mass is 10.3. The number of aliphatic hydroxyl groups excluding tert-OH is 1. The number of rotatable bonds is 5. The highest BCUT2D eigenvalue weighted by Gasteiger charge is 2.19. The highest BCUT2D eigenvalue weighted by atomic mass is 32.2. The van der Waals surface area contributed by atoms with Gasteiger partial charge in [0.2, 0.25) is 0 Å². The second-order valence-corrected chi connectivity index (χ2v) is 6.36. The number of sulfonamides is 1. The Kier molecular flexibility index (Phi) is 4.10. The van der Waals surface area contributed by atoms with Crippen molar-refractivity contribution in [1.82, 2.24) is 9.55 Å². The highest BCUT2D eigenvalue weighted by Crippen LogP contribution is 2.21. The largest absolute Gasteiger partial charge is 0.390 e. The third-order valence-electron chi connectivity index (χ3n) is 2.85. The van der Waals surface area contributed by atoms with Gasteiger partial charge in [-0.3, -0.25) is 9.71 Å². The first-order valence-electron chi connectivity index (χ1n) is 6.18. The fraction of sp³-hybridized carbons (Fsp3) is 0.308. The third kappa shape index (κ3) is 3.00. The molecule has 0 aliphatic carbocycles. The Morgan fingerprint density at radius 2 is 2.20 bits per heavy atom. The Bertz CT molecular complexity index is 678. The summed E-state index contributed by atoms with van der Waals surface area (Å²) in [5.74, 6) is 0. The third-order valence-corrected chi connectivity index (χ3v) is 4.20. The first-order valence-corrected chi connectivity index (χ1v) is 7.67. The molecule has 0 fully saturated rings. The summed E-state index contributed by atoms with van der Waals surface area (Å²) in [6, 6.07) is 4.81. The van der Waals surface area contributed by atoms with E-state index in [0.717, 1.165) is 0 Å². The maximum atomic E-state index is 12.3. The Morgan fingerprint density at radius 3 is 2.70 bits per heavy atom. The molecule has 7 heteroatoms. The number of aliphatic hydroxyl groups is 1. The summed E-state index contributed by atoms with van der Waals surface area (Å²) in [7, 11) is -3.68. The summed E-state index contributed by atoms with van der Waals surface area (Å²) in [5, 5.41) is 9.29. The quantitative estimate of drug-likeness (QED) is 0.880. The van der Waals surface area contributed by atoms with E-state index in [1.54, 1.807) is 22.9 Å². The van der Waals surface area contributed by atoms with E-state index in [9.17, 15) is 13.5 Å². The molecule has 0 aliphatic rings. The van der Waals surface area contributed by atoms with Crippen LogP contribution in [0.5, 0.6) is 0 Å². The van der Waals surface area contributed by atoms with E-state index in [0.29, 0.717) is 11.4 Å². The van der Waals surface area contributed by atoms with Crippen LogP contribution in [0.3, 0.4) is 0 Å². The number of hydrogen-bond acceptors (Lipinski definition) is 4. The van der Waals surface area contributed by atoms with Gasteiger partial charge in [0.05, 0.1) is 18.5 Å². The minimum atomic E-state index is -3.68. The molecule has 0 spiro atoms. The Hall–Kier alpha value is -1.86. The average molecular weight is 295 g/mol. The molecule has 0 radical (unpaired) electrons. The molecule has 2 heterocycles. The minimum Gasteiger partial charge on any atom is -0.390 e. The van der Waals surface area contributed by atoms with Gasteiger partial charge >= 0.3 is 0 Å². The molecule has 6 nitrogen and oxygen atoms in total. The van der Waals surface area contributed by atoms with Crippen LogP contribution < -0.4 is 4.72 Å². The SMILES string of the molecule is CC(C)n1cc(S(=O)(=O)Nc2cccnc2)cc1CO. The molecule has 2 aromatic heterocycles. The van der Waals surface area contributed by atoms with Crippen LogP contribution in [0, 0.1) is 0 Å². The summed E-state index contributed by atoms with van der Waals surface area (Å²) in [6.45, 7) is 3.63. The van der Waals surface area contributed by atoms with Crippen LogP contribution in [-0.2, 0) is 16.6 Å². The first-order chi connectivity index (χ1) is 9.44. The lowest BCUT2D eigenvalue weighted by Gasteiger charge is -2.10. The van der Waals surface area contributed by atoms with Crippen molar-refractivity contribution in [2.45, 2.75) is 31.4 Å². The number of nitrogens with one attached hydrogen (secondary N) is 1. The van der Waals surface area contributed by atoms with Crippen LogP contribution in [0.4, 0.5) is 5.69 Å². The van der Waals surface area contributed by atoms with Crippen molar-refractivity contribution < 1.29 is 13.5 Å². The Morgan fingerprint density at radius 1 is 1.45 bits per heavy atom. The monoisotopic (exact) mass is 295 g/mol. The average Bonchev–Trinajstić information content (AvgIpc) is 2.84.